The summed E-state index contributed by atoms with van der Waals surface area (Å²) in [5, 5.41) is 3.29. The standard InChI is InChI=1S/C16H20BrN3O/c1-11-8-13(9-12(2)15(11)17)16-19-5-4-14(20-16)10-18-6-7-21-3/h4-5,8-9,18H,6-7,10H2,1-3H3. The number of aromatic nitrogens is 2. The minimum atomic E-state index is 0.697. The second-order valence-corrected chi connectivity index (χ2v) is 5.76. The Balaban J connectivity index is 2.17. The van der Waals surface area contributed by atoms with Gasteiger partial charge in [-0.3, -0.25) is 0 Å². The molecule has 2 aromatic rings. The van der Waals surface area contributed by atoms with Crippen molar-refractivity contribution < 1.29 is 4.74 Å². The number of nitrogens with zero attached hydrogens (tertiary/aromatic N) is 2. The Bertz CT molecular complexity index is 593. The zero-order valence-electron chi connectivity index (χ0n) is 12.6. The fraction of sp³-hybridized carbons (Fsp3) is 0.375. The van der Waals surface area contributed by atoms with Crippen LogP contribution in [0.3, 0.4) is 0 Å². The molecule has 1 aromatic carbocycles. The van der Waals surface area contributed by atoms with Gasteiger partial charge in [0.2, 0.25) is 0 Å². The molecule has 0 aliphatic heterocycles. The quantitative estimate of drug-likeness (QED) is 0.813. The molecule has 5 heteroatoms. The van der Waals surface area contributed by atoms with Gasteiger partial charge in [-0.1, -0.05) is 15.9 Å². The van der Waals surface area contributed by atoms with Crippen molar-refractivity contribution in [3.63, 3.8) is 0 Å². The Hall–Kier alpha value is -1.30. The molecule has 0 aliphatic carbocycles. The van der Waals surface area contributed by atoms with E-state index < -0.39 is 0 Å². The topological polar surface area (TPSA) is 47.0 Å². The third kappa shape index (κ3) is 4.33. The van der Waals surface area contributed by atoms with Gasteiger partial charge in [0.15, 0.2) is 5.82 Å². The van der Waals surface area contributed by atoms with E-state index in [1.165, 1.54) is 11.1 Å². The lowest BCUT2D eigenvalue weighted by Gasteiger charge is -2.09. The minimum Gasteiger partial charge on any atom is -0.383 e. The second kappa shape index (κ2) is 7.64. The van der Waals surface area contributed by atoms with Gasteiger partial charge in [-0.05, 0) is 43.2 Å². The number of hydrogen-bond donors (Lipinski definition) is 1. The van der Waals surface area contributed by atoms with Crippen LogP contribution >= 0.6 is 15.9 Å². The molecule has 2 rings (SSSR count). The largest absolute Gasteiger partial charge is 0.383 e. The summed E-state index contributed by atoms with van der Waals surface area (Å²) in [4.78, 5) is 9.01. The van der Waals surface area contributed by atoms with Crippen LogP contribution in [-0.2, 0) is 11.3 Å². The molecule has 0 unspecified atom stereocenters. The van der Waals surface area contributed by atoms with Gasteiger partial charge in [0.05, 0.1) is 12.3 Å². The van der Waals surface area contributed by atoms with Crippen LogP contribution in [0.4, 0.5) is 0 Å². The van der Waals surface area contributed by atoms with Gasteiger partial charge < -0.3 is 10.1 Å². The van der Waals surface area contributed by atoms with Crippen molar-refractivity contribution in [2.45, 2.75) is 20.4 Å². The van der Waals surface area contributed by atoms with Gasteiger partial charge in [0.1, 0.15) is 0 Å². The Morgan fingerprint density at radius 2 is 1.95 bits per heavy atom. The van der Waals surface area contributed by atoms with E-state index in [1.807, 2.05) is 12.3 Å². The first-order chi connectivity index (χ1) is 10.1. The second-order valence-electron chi connectivity index (χ2n) is 4.97. The monoisotopic (exact) mass is 349 g/mol. The highest BCUT2D eigenvalue weighted by Crippen LogP contribution is 2.26. The van der Waals surface area contributed by atoms with E-state index in [9.17, 15) is 0 Å². The minimum absolute atomic E-state index is 0.697. The molecule has 0 aliphatic rings. The van der Waals surface area contributed by atoms with E-state index in [4.69, 9.17) is 4.74 Å². The molecule has 0 fully saturated rings. The lowest BCUT2D eigenvalue weighted by molar-refractivity contribution is 0.199. The van der Waals surface area contributed by atoms with Crippen molar-refractivity contribution in [3.05, 3.63) is 45.7 Å². The lowest BCUT2D eigenvalue weighted by Crippen LogP contribution is -2.19. The van der Waals surface area contributed by atoms with Gasteiger partial charge in [-0.2, -0.15) is 0 Å². The Labute approximate surface area is 134 Å². The summed E-state index contributed by atoms with van der Waals surface area (Å²) in [5.41, 5.74) is 4.41. The van der Waals surface area contributed by atoms with Gasteiger partial charge >= 0.3 is 0 Å². The van der Waals surface area contributed by atoms with Crippen molar-refractivity contribution in [1.82, 2.24) is 15.3 Å². The zero-order valence-corrected chi connectivity index (χ0v) is 14.2. The van der Waals surface area contributed by atoms with E-state index in [1.54, 1.807) is 7.11 Å². The highest BCUT2D eigenvalue weighted by molar-refractivity contribution is 9.10. The van der Waals surface area contributed by atoms with E-state index in [0.717, 1.165) is 28.1 Å². The number of benzene rings is 1. The maximum absolute atomic E-state index is 5.01. The number of aryl methyl sites for hydroxylation is 2. The Morgan fingerprint density at radius 1 is 1.24 bits per heavy atom. The Morgan fingerprint density at radius 3 is 2.62 bits per heavy atom. The molecule has 0 bridgehead atoms. The van der Waals surface area contributed by atoms with Crippen LogP contribution in [0, 0.1) is 13.8 Å². The fourth-order valence-corrected chi connectivity index (χ4v) is 2.33. The molecular formula is C16H20BrN3O. The van der Waals surface area contributed by atoms with Crippen molar-refractivity contribution >= 4 is 15.9 Å². The first-order valence-corrected chi connectivity index (χ1v) is 7.70. The molecular weight excluding hydrogens is 330 g/mol. The number of methoxy groups -OCH3 is 1. The van der Waals surface area contributed by atoms with Crippen LogP contribution in [0.1, 0.15) is 16.8 Å². The average molecular weight is 350 g/mol. The molecule has 0 saturated heterocycles. The van der Waals surface area contributed by atoms with Crippen LogP contribution < -0.4 is 5.32 Å². The predicted octanol–water partition coefficient (Wildman–Crippen LogP) is 3.26. The lowest BCUT2D eigenvalue weighted by atomic mass is 10.1. The van der Waals surface area contributed by atoms with Crippen LogP contribution in [0.25, 0.3) is 11.4 Å². The van der Waals surface area contributed by atoms with Crippen LogP contribution in [0.5, 0.6) is 0 Å². The number of rotatable bonds is 6. The van der Waals surface area contributed by atoms with Crippen LogP contribution in [-0.4, -0.2) is 30.2 Å². The van der Waals surface area contributed by atoms with E-state index in [0.29, 0.717) is 13.2 Å². The van der Waals surface area contributed by atoms with Gasteiger partial charge in [-0.15, -0.1) is 0 Å². The molecule has 0 amide bonds. The molecule has 0 spiro atoms. The summed E-state index contributed by atoms with van der Waals surface area (Å²) < 4.78 is 6.15. The number of hydrogen-bond acceptors (Lipinski definition) is 4. The molecule has 0 atom stereocenters. The molecule has 1 N–H and O–H groups in total. The number of halogens is 1. The molecule has 1 aromatic heterocycles. The molecule has 1 heterocycles. The normalized spacial score (nSPS) is 10.9. The smallest absolute Gasteiger partial charge is 0.159 e. The van der Waals surface area contributed by atoms with E-state index in [2.05, 4.69) is 57.2 Å². The highest BCUT2D eigenvalue weighted by Gasteiger charge is 2.07. The molecule has 0 saturated carbocycles. The summed E-state index contributed by atoms with van der Waals surface area (Å²) >= 11 is 3.59. The van der Waals surface area contributed by atoms with Crippen molar-refractivity contribution in [2.75, 3.05) is 20.3 Å². The van der Waals surface area contributed by atoms with Crippen molar-refractivity contribution in [3.8, 4) is 11.4 Å². The van der Waals surface area contributed by atoms with Crippen molar-refractivity contribution in [2.24, 2.45) is 0 Å². The fourth-order valence-electron chi connectivity index (χ4n) is 2.10. The van der Waals surface area contributed by atoms with Crippen LogP contribution in [0.2, 0.25) is 0 Å². The summed E-state index contributed by atoms with van der Waals surface area (Å²) in [6.45, 7) is 6.39. The maximum atomic E-state index is 5.01. The average Bonchev–Trinajstić information content (AvgIpc) is 2.49. The summed E-state index contributed by atoms with van der Waals surface area (Å²) in [7, 11) is 1.70. The summed E-state index contributed by atoms with van der Waals surface area (Å²) in [6, 6.07) is 6.14. The summed E-state index contributed by atoms with van der Waals surface area (Å²) in [6.07, 6.45) is 1.81. The Kier molecular flexibility index (Phi) is 5.85. The predicted molar refractivity (Wildman–Crippen MR) is 88.2 cm³/mol. The molecule has 0 radical (unpaired) electrons. The number of nitrogens with one attached hydrogen (secondary N) is 1. The maximum Gasteiger partial charge on any atom is 0.159 e. The molecule has 112 valence electrons. The first kappa shape index (κ1) is 16.1. The van der Waals surface area contributed by atoms with Gasteiger partial charge in [-0.25, -0.2) is 9.97 Å². The summed E-state index contributed by atoms with van der Waals surface area (Å²) in [5.74, 6) is 0.764. The van der Waals surface area contributed by atoms with Crippen molar-refractivity contribution in [1.29, 1.82) is 0 Å². The first-order valence-electron chi connectivity index (χ1n) is 6.90. The SMILES string of the molecule is COCCNCc1ccnc(-c2cc(C)c(Br)c(C)c2)n1. The van der Waals surface area contributed by atoms with Gasteiger partial charge in [0, 0.05) is 36.4 Å². The van der Waals surface area contributed by atoms with Crippen LogP contribution in [0.15, 0.2) is 28.9 Å². The highest BCUT2D eigenvalue weighted by atomic mass is 79.9. The molecule has 21 heavy (non-hydrogen) atoms. The van der Waals surface area contributed by atoms with E-state index in [-0.39, 0.29) is 0 Å². The van der Waals surface area contributed by atoms with Gasteiger partial charge in [0.25, 0.3) is 0 Å². The third-order valence-electron chi connectivity index (χ3n) is 3.20. The van der Waals surface area contributed by atoms with E-state index >= 15 is 0 Å². The zero-order chi connectivity index (χ0) is 15.2. The molecule has 4 nitrogen and oxygen atoms in total. The third-order valence-corrected chi connectivity index (χ3v) is 4.45. The number of ether oxygens (including phenoxy) is 1.